The van der Waals surface area contributed by atoms with Crippen molar-refractivity contribution in [1.82, 2.24) is 15.3 Å². The van der Waals surface area contributed by atoms with Gasteiger partial charge in [-0.1, -0.05) is 19.1 Å². The first-order valence-electron chi connectivity index (χ1n) is 14.8. The number of nitrogens with one attached hydrogen (secondary N) is 3. The van der Waals surface area contributed by atoms with Gasteiger partial charge in [0.15, 0.2) is 0 Å². The summed E-state index contributed by atoms with van der Waals surface area (Å²) in [5.74, 6) is 2.45. The highest BCUT2D eigenvalue weighted by Crippen LogP contribution is 2.37. The number of carbonyl (C=O) groups is 1. The Hall–Kier alpha value is -4.70. The molecule has 10 nitrogen and oxygen atoms in total. The van der Waals surface area contributed by atoms with Crippen molar-refractivity contribution in [2.24, 2.45) is 10.7 Å². The highest BCUT2D eigenvalue weighted by molar-refractivity contribution is 6.03. The number of carbonyl (C=O) groups excluding carboxylic acids is 1. The number of aromatic nitrogens is 2. The minimum atomic E-state index is -0.202. The maximum atomic E-state index is 13.0. The van der Waals surface area contributed by atoms with Crippen molar-refractivity contribution in [3.8, 4) is 5.75 Å². The van der Waals surface area contributed by atoms with Crippen molar-refractivity contribution in [1.29, 1.82) is 0 Å². The van der Waals surface area contributed by atoms with E-state index in [1.807, 2.05) is 68.7 Å². The van der Waals surface area contributed by atoms with Crippen LogP contribution in [0.1, 0.15) is 54.2 Å². The van der Waals surface area contributed by atoms with Crippen LogP contribution in [0.3, 0.4) is 0 Å². The number of pyridine rings is 2. The Morgan fingerprint density at radius 2 is 2.14 bits per heavy atom. The molecule has 0 radical (unpaired) electrons. The Labute approximate surface area is 253 Å². The molecule has 0 saturated carbocycles. The first-order valence-corrected chi connectivity index (χ1v) is 14.8. The molecule has 5 N–H and O–H groups in total. The number of amides is 1. The molecule has 1 unspecified atom stereocenters. The minimum absolute atomic E-state index is 0.202. The van der Waals surface area contributed by atoms with Gasteiger partial charge in [-0.3, -0.25) is 4.79 Å². The fraction of sp³-hybridized carbons (Fsp3) is 0.333. The summed E-state index contributed by atoms with van der Waals surface area (Å²) in [4.78, 5) is 28.8. The molecule has 1 aromatic carbocycles. The number of hydrogen-bond acceptors (Lipinski definition) is 9. The van der Waals surface area contributed by atoms with Gasteiger partial charge in [-0.25, -0.2) is 15.0 Å². The predicted molar refractivity (Wildman–Crippen MR) is 174 cm³/mol. The average Bonchev–Trinajstić information content (AvgIpc) is 3.51. The minimum Gasteiger partial charge on any atom is -0.492 e. The van der Waals surface area contributed by atoms with Crippen LogP contribution in [0.15, 0.2) is 71.8 Å². The molecular weight excluding hydrogens is 540 g/mol. The Morgan fingerprint density at radius 1 is 1.26 bits per heavy atom. The van der Waals surface area contributed by atoms with E-state index in [1.165, 1.54) is 0 Å². The molecule has 0 aliphatic carbocycles. The second-order valence-corrected chi connectivity index (χ2v) is 10.7. The monoisotopic (exact) mass is 580 g/mol. The van der Waals surface area contributed by atoms with Crippen LogP contribution in [-0.2, 0) is 13.0 Å². The number of nitrogens with two attached hydrogens (primary N) is 1. The Kier molecular flexibility index (Phi) is 9.68. The first kappa shape index (κ1) is 29.8. The number of anilines is 3. The Morgan fingerprint density at radius 3 is 2.93 bits per heavy atom. The fourth-order valence-electron chi connectivity index (χ4n) is 5.26. The first-order chi connectivity index (χ1) is 20.9. The number of hydrogen-bond donors (Lipinski definition) is 4. The van der Waals surface area contributed by atoms with E-state index >= 15 is 0 Å². The largest absolute Gasteiger partial charge is 0.492 e. The third-order valence-corrected chi connectivity index (χ3v) is 7.58. The lowest BCUT2D eigenvalue weighted by Gasteiger charge is -2.35. The van der Waals surface area contributed by atoms with E-state index in [1.54, 1.807) is 12.3 Å². The standard InChI is InChI=1S/C33H40N8O2/c1-4-6-29(34)36-13-11-22(2)28-21-39-32(27-12-16-43-31(27)28)38-19-24-7-5-8-25(17-24)33(42)40-30-10-9-26(20-37-30)41-15-14-35-18-23(41)3/h5-11,13,17,20-21,23,35H,4,12,14-16,18-19,34H2,1-3H3,(H,38,39)(H,37,40,42)/b22-11+,29-6+,36-13-. The molecule has 0 spiro atoms. The van der Waals surface area contributed by atoms with E-state index in [4.69, 9.17) is 15.5 Å². The van der Waals surface area contributed by atoms with Crippen LogP contribution in [0.5, 0.6) is 5.75 Å². The smallest absolute Gasteiger partial charge is 0.256 e. The van der Waals surface area contributed by atoms with Crippen molar-refractivity contribution >= 4 is 35.0 Å². The van der Waals surface area contributed by atoms with E-state index in [2.05, 4.69) is 37.8 Å². The van der Waals surface area contributed by atoms with Gasteiger partial charge in [0.2, 0.25) is 0 Å². The summed E-state index contributed by atoms with van der Waals surface area (Å²) in [5, 5.41) is 9.76. The lowest BCUT2D eigenvalue weighted by Crippen LogP contribution is -2.49. The van der Waals surface area contributed by atoms with Crippen molar-refractivity contribution in [2.45, 2.75) is 46.2 Å². The summed E-state index contributed by atoms with van der Waals surface area (Å²) in [7, 11) is 0. The van der Waals surface area contributed by atoms with Crippen molar-refractivity contribution < 1.29 is 9.53 Å². The summed E-state index contributed by atoms with van der Waals surface area (Å²) in [6.07, 6.45) is 10.7. The second kappa shape index (κ2) is 14.0. The molecule has 10 heteroatoms. The number of benzene rings is 1. The van der Waals surface area contributed by atoms with Gasteiger partial charge in [-0.15, -0.1) is 0 Å². The molecule has 1 atom stereocenters. The van der Waals surface area contributed by atoms with Gasteiger partial charge in [-0.05, 0) is 67.8 Å². The highest BCUT2D eigenvalue weighted by atomic mass is 16.5. The third kappa shape index (κ3) is 7.39. The number of rotatable bonds is 10. The van der Waals surface area contributed by atoms with E-state index in [0.717, 1.165) is 72.0 Å². The van der Waals surface area contributed by atoms with Crippen molar-refractivity contribution in [3.63, 3.8) is 0 Å². The maximum Gasteiger partial charge on any atom is 0.256 e. The van der Waals surface area contributed by atoms with Crippen LogP contribution >= 0.6 is 0 Å². The second-order valence-electron chi connectivity index (χ2n) is 10.7. The number of aliphatic imine (C=N–C) groups is 1. The molecule has 3 aromatic rings. The molecule has 1 saturated heterocycles. The lowest BCUT2D eigenvalue weighted by molar-refractivity contribution is 0.102. The highest BCUT2D eigenvalue weighted by Gasteiger charge is 2.22. The number of nitrogens with zero attached hydrogens (tertiary/aromatic N) is 4. The van der Waals surface area contributed by atoms with Gasteiger partial charge in [-0.2, -0.15) is 0 Å². The topological polar surface area (TPSA) is 130 Å². The Balaban J connectivity index is 1.22. The third-order valence-electron chi connectivity index (χ3n) is 7.58. The molecule has 2 aromatic heterocycles. The van der Waals surface area contributed by atoms with Gasteiger partial charge in [0.1, 0.15) is 23.2 Å². The van der Waals surface area contributed by atoms with Crippen LogP contribution < -0.4 is 31.3 Å². The summed E-state index contributed by atoms with van der Waals surface area (Å²) in [6.45, 7) is 10.2. The summed E-state index contributed by atoms with van der Waals surface area (Å²) < 4.78 is 6.00. The summed E-state index contributed by atoms with van der Waals surface area (Å²) in [5.41, 5.74) is 11.4. The van der Waals surface area contributed by atoms with Gasteiger partial charge in [0.25, 0.3) is 5.91 Å². The average molecular weight is 581 g/mol. The van der Waals surface area contributed by atoms with Crippen LogP contribution in [0.4, 0.5) is 17.3 Å². The van der Waals surface area contributed by atoms with E-state index < -0.39 is 0 Å². The van der Waals surface area contributed by atoms with Crippen molar-refractivity contribution in [3.05, 3.63) is 89.0 Å². The van der Waals surface area contributed by atoms with Crippen molar-refractivity contribution in [2.75, 3.05) is 41.8 Å². The number of allylic oxidation sites excluding steroid dienone is 3. The van der Waals surface area contributed by atoms with Crippen LogP contribution in [0.25, 0.3) is 5.57 Å². The van der Waals surface area contributed by atoms with E-state index in [0.29, 0.717) is 36.4 Å². The molecule has 224 valence electrons. The SMILES string of the molecule is CC/C=C(N)/N=C\C=C(/C)c1cnc(NCc2cccc(C(=O)Nc3ccc(N4CCNCC4C)cn3)c2)c2c1OCC2. The maximum absolute atomic E-state index is 13.0. The van der Waals surface area contributed by atoms with Crippen LogP contribution in [0.2, 0.25) is 0 Å². The zero-order valence-corrected chi connectivity index (χ0v) is 25.1. The van der Waals surface area contributed by atoms with Gasteiger partial charge in [0, 0.05) is 67.7 Å². The van der Waals surface area contributed by atoms with Crippen LogP contribution in [-0.4, -0.2) is 54.4 Å². The zero-order chi connectivity index (χ0) is 30.2. The van der Waals surface area contributed by atoms with Gasteiger partial charge in [0.05, 0.1) is 18.5 Å². The van der Waals surface area contributed by atoms with Gasteiger partial charge < -0.3 is 31.3 Å². The molecule has 4 heterocycles. The molecule has 0 bridgehead atoms. The van der Waals surface area contributed by atoms with Crippen LogP contribution in [0, 0.1) is 0 Å². The normalized spacial score (nSPS) is 17.1. The van der Waals surface area contributed by atoms with E-state index in [-0.39, 0.29) is 5.91 Å². The molecule has 2 aliphatic heterocycles. The quantitative estimate of drug-likeness (QED) is 0.253. The molecule has 43 heavy (non-hydrogen) atoms. The number of ether oxygens (including phenoxy) is 1. The lowest BCUT2D eigenvalue weighted by atomic mass is 10.0. The Bertz CT molecular complexity index is 1530. The van der Waals surface area contributed by atoms with E-state index in [9.17, 15) is 4.79 Å². The zero-order valence-electron chi connectivity index (χ0n) is 25.1. The predicted octanol–water partition coefficient (Wildman–Crippen LogP) is 4.76. The fourth-order valence-corrected chi connectivity index (χ4v) is 5.26. The number of fused-ring (bicyclic) bond motifs is 1. The molecule has 1 fully saturated rings. The van der Waals surface area contributed by atoms with Gasteiger partial charge >= 0.3 is 0 Å². The summed E-state index contributed by atoms with van der Waals surface area (Å²) in [6, 6.07) is 11.8. The summed E-state index contributed by atoms with van der Waals surface area (Å²) >= 11 is 0. The number of piperazine rings is 1. The molecule has 1 amide bonds. The molecule has 2 aliphatic rings. The molecular formula is C33H40N8O2. The molecule has 5 rings (SSSR count).